The number of hydrogen-bond donors (Lipinski definition) is 5. The van der Waals surface area contributed by atoms with E-state index >= 15 is 0 Å². The number of thiazole rings is 1. The highest BCUT2D eigenvalue weighted by atomic mass is 32.2. The van der Waals surface area contributed by atoms with E-state index in [0.717, 1.165) is 16.9 Å². The highest BCUT2D eigenvalue weighted by Gasteiger charge is 2.53. The highest BCUT2D eigenvalue weighted by molar-refractivity contribution is 8.01. The minimum absolute atomic E-state index is 0.0975. The molecule has 2 aliphatic rings. The van der Waals surface area contributed by atoms with Crippen LogP contribution in [0.2, 0.25) is 0 Å². The number of β-lactam (4-membered cyclic amide) rings is 1. The number of oxime groups is 1. The lowest BCUT2D eigenvalue weighted by Gasteiger charge is -2.49. The van der Waals surface area contributed by atoms with Gasteiger partial charge in [0.15, 0.2) is 16.0 Å². The molecule has 4 rings (SSSR count). The normalized spacial score (nSPS) is 21.0. The first-order valence-electron chi connectivity index (χ1n) is 8.53. The summed E-state index contributed by atoms with van der Waals surface area (Å²) in [5.41, 5.74) is 6.23. The number of nitrogens with two attached hydrogens (primary N) is 1. The summed E-state index contributed by atoms with van der Waals surface area (Å²) in [5.74, 6) is -0.349. The minimum atomic E-state index is -0.892. The van der Waals surface area contributed by atoms with Crippen molar-refractivity contribution in [1.29, 1.82) is 0 Å². The first-order valence-corrected chi connectivity index (χ1v) is 11.9. The maximum atomic E-state index is 12.8. The lowest BCUT2D eigenvalue weighted by molar-refractivity contribution is -0.146. The van der Waals surface area contributed by atoms with Crippen LogP contribution in [0.3, 0.4) is 0 Å². The van der Waals surface area contributed by atoms with Gasteiger partial charge in [-0.05, 0) is 5.57 Å². The summed E-state index contributed by atoms with van der Waals surface area (Å²) in [7, 11) is 0. The van der Waals surface area contributed by atoms with Crippen LogP contribution in [0.25, 0.3) is 0 Å². The number of thioether (sulfide) groups is 2. The Morgan fingerprint density at radius 1 is 1.52 bits per heavy atom. The Bertz CT molecular complexity index is 1100. The summed E-state index contributed by atoms with van der Waals surface area (Å²) in [4.78, 5) is 46.8. The summed E-state index contributed by atoms with van der Waals surface area (Å²) in [6.45, 7) is 0. The second-order valence-corrected chi connectivity index (χ2v) is 9.58. The van der Waals surface area contributed by atoms with E-state index in [0.29, 0.717) is 16.7 Å². The quantitative estimate of drug-likeness (QED) is 0.0865. The first kappa shape index (κ1) is 21.7. The molecule has 0 bridgehead atoms. The van der Waals surface area contributed by atoms with Crippen molar-refractivity contribution < 1.29 is 19.6 Å². The Kier molecular flexibility index (Phi) is 6.22. The van der Waals surface area contributed by atoms with Gasteiger partial charge in [0.05, 0.1) is 0 Å². The van der Waals surface area contributed by atoms with E-state index in [1.165, 1.54) is 40.1 Å². The molecule has 2 aromatic heterocycles. The first-order chi connectivity index (χ1) is 14.9. The number of amides is 2. The predicted molar refractivity (Wildman–Crippen MR) is 118 cm³/mol. The predicted octanol–water partition coefficient (Wildman–Crippen LogP) is -0.0756. The Hall–Kier alpha value is -2.56. The molecule has 12 nitrogen and oxygen atoms in total. The van der Waals surface area contributed by atoms with Crippen molar-refractivity contribution >= 4 is 75.3 Å². The van der Waals surface area contributed by atoms with E-state index in [2.05, 4.69) is 43.3 Å². The van der Waals surface area contributed by atoms with Gasteiger partial charge in [-0.1, -0.05) is 29.5 Å². The summed E-state index contributed by atoms with van der Waals surface area (Å²) >= 11 is 7.77. The molecule has 31 heavy (non-hydrogen) atoms. The van der Waals surface area contributed by atoms with Crippen LogP contribution in [-0.4, -0.2) is 75.8 Å². The summed E-state index contributed by atoms with van der Waals surface area (Å²) < 4.78 is 0. The van der Waals surface area contributed by atoms with E-state index < -0.39 is 28.3 Å². The minimum Gasteiger partial charge on any atom is -0.410 e. The Morgan fingerprint density at radius 3 is 2.94 bits per heavy atom. The number of nitrogens with zero attached hydrogens (tertiary/aromatic N) is 5. The number of nitrogens with one attached hydrogen (secondary N) is 2. The van der Waals surface area contributed by atoms with Gasteiger partial charge < -0.3 is 16.3 Å². The third-order valence-electron chi connectivity index (χ3n) is 4.39. The zero-order chi connectivity index (χ0) is 22.1. The van der Waals surface area contributed by atoms with Crippen LogP contribution < -0.4 is 11.1 Å². The van der Waals surface area contributed by atoms with Gasteiger partial charge in [-0.2, -0.15) is 5.10 Å². The van der Waals surface area contributed by atoms with Crippen LogP contribution in [-0.2, 0) is 14.4 Å². The van der Waals surface area contributed by atoms with Gasteiger partial charge in [0, 0.05) is 16.9 Å². The van der Waals surface area contributed by atoms with Crippen molar-refractivity contribution in [1.82, 2.24) is 30.4 Å². The number of thiol groups is 1. The maximum Gasteiger partial charge on any atom is 0.276 e. The molecule has 0 aromatic carbocycles. The average molecular weight is 499 g/mol. The fraction of sp³-hybridized carbons (Fsp3) is 0.267. The standard InChI is InChI=1S/C15H14N8O4S4/c16-14-19-6(3-30-14)7(22-27)10(24)20-8-11(25)23-9(13(26)28)5(1-29-12(8)23)2-31-15-17-4-18-21-15/h3-4,8,12,27H,1-2H2,(H2,16,19)(H,20,24)(H,26,28)(H,17,18,21)/b22-7-/t8-,12-/m1/s1. The summed E-state index contributed by atoms with van der Waals surface area (Å²) in [6, 6.07) is -0.892. The molecule has 2 amide bonds. The van der Waals surface area contributed by atoms with E-state index in [4.69, 9.17) is 5.73 Å². The number of fused-ring (bicyclic) bond motifs is 1. The van der Waals surface area contributed by atoms with Crippen molar-refractivity contribution in [2.75, 3.05) is 17.2 Å². The summed E-state index contributed by atoms with van der Waals surface area (Å²) in [5, 5.41) is 22.5. The Morgan fingerprint density at radius 2 is 2.32 bits per heavy atom. The Labute approximate surface area is 192 Å². The van der Waals surface area contributed by atoms with E-state index in [1.54, 1.807) is 0 Å². The molecule has 1 fully saturated rings. The molecule has 0 aliphatic carbocycles. The van der Waals surface area contributed by atoms with Crippen LogP contribution >= 0.6 is 47.5 Å². The van der Waals surface area contributed by atoms with Gasteiger partial charge in [-0.25, -0.2) is 9.97 Å². The Balaban J connectivity index is 1.48. The molecule has 1 saturated heterocycles. The van der Waals surface area contributed by atoms with E-state index in [1.807, 2.05) is 0 Å². The van der Waals surface area contributed by atoms with Gasteiger partial charge in [-0.3, -0.25) is 24.4 Å². The lowest BCUT2D eigenvalue weighted by Crippen LogP contribution is -2.71. The third kappa shape index (κ3) is 4.15. The molecule has 162 valence electrons. The largest absolute Gasteiger partial charge is 0.410 e. The molecule has 0 unspecified atom stereocenters. The van der Waals surface area contributed by atoms with Crippen LogP contribution in [0.5, 0.6) is 0 Å². The number of carbonyl (C=O) groups excluding carboxylic acids is 3. The SMILES string of the molecule is Nc1nc(/C(=N/O)C(=O)N[C@@H]2C(=O)N3C(C(=O)S)=C(CSc4ncn[nH]4)CS[C@H]23)cs1. The van der Waals surface area contributed by atoms with E-state index in [-0.39, 0.29) is 22.2 Å². The molecule has 0 spiro atoms. The molecule has 2 atom stereocenters. The van der Waals surface area contributed by atoms with Crippen LogP contribution in [0.4, 0.5) is 5.13 Å². The zero-order valence-electron chi connectivity index (χ0n) is 15.4. The number of rotatable bonds is 7. The monoisotopic (exact) mass is 498 g/mol. The van der Waals surface area contributed by atoms with Crippen molar-refractivity contribution in [3.63, 3.8) is 0 Å². The third-order valence-corrected chi connectivity index (χ3v) is 7.58. The van der Waals surface area contributed by atoms with Gasteiger partial charge in [0.25, 0.3) is 11.8 Å². The molecule has 2 aliphatic heterocycles. The molecule has 2 aromatic rings. The second-order valence-electron chi connectivity index (χ2n) is 6.22. The number of hydrogen-bond acceptors (Lipinski definition) is 12. The lowest BCUT2D eigenvalue weighted by atomic mass is 10.0. The average Bonchev–Trinajstić information content (AvgIpc) is 3.42. The van der Waals surface area contributed by atoms with Gasteiger partial charge in [0.2, 0.25) is 5.12 Å². The topological polar surface area (TPSA) is 180 Å². The van der Waals surface area contributed by atoms with Gasteiger partial charge >= 0.3 is 0 Å². The molecule has 16 heteroatoms. The highest BCUT2D eigenvalue weighted by Crippen LogP contribution is 2.42. The van der Waals surface area contributed by atoms with Crippen molar-refractivity contribution in [3.05, 3.63) is 28.7 Å². The van der Waals surface area contributed by atoms with Crippen molar-refractivity contribution in [2.45, 2.75) is 16.6 Å². The fourth-order valence-electron chi connectivity index (χ4n) is 3.03. The van der Waals surface area contributed by atoms with Crippen molar-refractivity contribution in [2.24, 2.45) is 5.16 Å². The smallest absolute Gasteiger partial charge is 0.276 e. The molecule has 4 heterocycles. The van der Waals surface area contributed by atoms with Crippen LogP contribution in [0.1, 0.15) is 5.69 Å². The number of aromatic amines is 1. The van der Waals surface area contributed by atoms with Crippen LogP contribution in [0, 0.1) is 0 Å². The molecule has 0 saturated carbocycles. The maximum absolute atomic E-state index is 12.8. The number of H-pyrrole nitrogens is 1. The molecular weight excluding hydrogens is 484 g/mol. The molecular formula is C15H14N8O4S4. The summed E-state index contributed by atoms with van der Waals surface area (Å²) in [6.07, 6.45) is 1.38. The number of nitrogen functional groups attached to an aromatic ring is 1. The second kappa shape index (κ2) is 8.89. The van der Waals surface area contributed by atoms with E-state index in [9.17, 15) is 19.6 Å². The fourth-order valence-corrected chi connectivity index (χ4v) is 6.11. The number of anilines is 1. The van der Waals surface area contributed by atoms with Crippen LogP contribution in [0.15, 0.2) is 33.3 Å². The molecule has 0 radical (unpaired) electrons. The molecule has 5 N–H and O–H groups in total. The van der Waals surface area contributed by atoms with Gasteiger partial charge in [0.1, 0.15) is 29.1 Å². The van der Waals surface area contributed by atoms with Gasteiger partial charge in [-0.15, -0.1) is 23.1 Å². The zero-order valence-corrected chi connectivity index (χ0v) is 18.7. The van der Waals surface area contributed by atoms with Crippen molar-refractivity contribution in [3.8, 4) is 0 Å². The number of aromatic nitrogens is 4. The number of carbonyl (C=O) groups is 3.